The largest absolute Gasteiger partial charge is 0.374 e. The number of nitrogens with one attached hydrogen (secondary N) is 1. The molecule has 1 heterocycles. The molecule has 1 saturated carbocycles. The van der Waals surface area contributed by atoms with E-state index in [0.717, 1.165) is 25.7 Å². The van der Waals surface area contributed by atoms with E-state index >= 15 is 0 Å². The van der Waals surface area contributed by atoms with Crippen LogP contribution in [-0.4, -0.2) is 22.8 Å². The molecule has 0 aliphatic heterocycles. The van der Waals surface area contributed by atoms with Crippen LogP contribution in [0.2, 0.25) is 0 Å². The number of nitrogens with zero attached hydrogens (tertiary/aromatic N) is 1. The maximum atomic E-state index is 5.75. The predicted octanol–water partition coefficient (Wildman–Crippen LogP) is 2.56. The molecule has 0 saturated heterocycles. The van der Waals surface area contributed by atoms with Gasteiger partial charge in [0, 0.05) is 31.0 Å². The molecule has 96 valence electrons. The minimum absolute atomic E-state index is 0.0421. The molecule has 3 heteroatoms. The van der Waals surface area contributed by atoms with Gasteiger partial charge >= 0.3 is 0 Å². The third-order valence-electron chi connectivity index (χ3n) is 2.94. The summed E-state index contributed by atoms with van der Waals surface area (Å²) in [6, 6.07) is 5.07. The first-order valence-corrected chi connectivity index (χ1v) is 6.56. The highest BCUT2D eigenvalue weighted by Gasteiger charge is 2.20. The molecule has 0 amide bonds. The highest BCUT2D eigenvalue weighted by atomic mass is 16.5. The summed E-state index contributed by atoms with van der Waals surface area (Å²) >= 11 is 0. The lowest BCUT2D eigenvalue weighted by Crippen LogP contribution is -2.23. The van der Waals surface area contributed by atoms with Crippen LogP contribution in [0.3, 0.4) is 0 Å². The summed E-state index contributed by atoms with van der Waals surface area (Å²) in [6.07, 6.45) is 4.82. The average molecular weight is 236 g/mol. The first-order valence-electron chi connectivity index (χ1n) is 6.56. The SMILES string of the molecule is CC(C)(C)OCCn1cccc1CNC1CC1. The molecule has 17 heavy (non-hydrogen) atoms. The average Bonchev–Trinajstić information content (AvgIpc) is 2.95. The quantitative estimate of drug-likeness (QED) is 0.821. The van der Waals surface area contributed by atoms with Crippen molar-refractivity contribution < 1.29 is 4.74 Å². The van der Waals surface area contributed by atoms with Crippen molar-refractivity contribution >= 4 is 0 Å². The first kappa shape index (κ1) is 12.7. The number of hydrogen-bond acceptors (Lipinski definition) is 2. The van der Waals surface area contributed by atoms with Gasteiger partial charge in [-0.25, -0.2) is 0 Å². The van der Waals surface area contributed by atoms with Crippen molar-refractivity contribution in [3.05, 3.63) is 24.0 Å². The van der Waals surface area contributed by atoms with Crippen molar-refractivity contribution in [2.24, 2.45) is 0 Å². The Morgan fingerprint density at radius 2 is 2.18 bits per heavy atom. The fourth-order valence-electron chi connectivity index (χ4n) is 1.81. The maximum absolute atomic E-state index is 5.75. The van der Waals surface area contributed by atoms with Crippen LogP contribution in [0.25, 0.3) is 0 Å². The standard InChI is InChI=1S/C14H24N2O/c1-14(2,3)17-10-9-16-8-4-5-13(16)11-15-12-6-7-12/h4-5,8,12,15H,6-7,9-11H2,1-3H3. The number of hydrogen-bond donors (Lipinski definition) is 1. The van der Waals surface area contributed by atoms with Crippen LogP contribution in [-0.2, 0) is 17.8 Å². The molecular weight excluding hydrogens is 212 g/mol. The molecule has 0 spiro atoms. The van der Waals surface area contributed by atoms with E-state index in [9.17, 15) is 0 Å². The molecule has 0 bridgehead atoms. The Morgan fingerprint density at radius 1 is 1.41 bits per heavy atom. The first-order chi connectivity index (χ1) is 8.04. The third kappa shape index (κ3) is 4.52. The summed E-state index contributed by atoms with van der Waals surface area (Å²) in [4.78, 5) is 0. The fourth-order valence-corrected chi connectivity index (χ4v) is 1.81. The van der Waals surface area contributed by atoms with Crippen molar-refractivity contribution in [1.29, 1.82) is 0 Å². The summed E-state index contributed by atoms with van der Waals surface area (Å²) in [5.74, 6) is 0. The lowest BCUT2D eigenvalue weighted by Gasteiger charge is -2.20. The molecule has 1 aliphatic rings. The number of aromatic nitrogens is 1. The Bertz CT molecular complexity index is 347. The fraction of sp³-hybridized carbons (Fsp3) is 0.714. The number of rotatable bonds is 6. The van der Waals surface area contributed by atoms with Crippen molar-refractivity contribution in [3.63, 3.8) is 0 Å². The zero-order valence-corrected chi connectivity index (χ0v) is 11.2. The number of ether oxygens (including phenoxy) is 1. The van der Waals surface area contributed by atoms with Crippen LogP contribution in [0, 0.1) is 0 Å². The van der Waals surface area contributed by atoms with E-state index in [1.165, 1.54) is 18.5 Å². The van der Waals surface area contributed by atoms with E-state index in [1.807, 2.05) is 0 Å². The van der Waals surface area contributed by atoms with Gasteiger partial charge < -0.3 is 14.6 Å². The Hall–Kier alpha value is -0.800. The van der Waals surface area contributed by atoms with Gasteiger partial charge in [0.2, 0.25) is 0 Å². The van der Waals surface area contributed by atoms with Crippen molar-refractivity contribution in [2.45, 2.75) is 58.3 Å². The normalized spacial score (nSPS) is 16.4. The molecule has 0 unspecified atom stereocenters. The molecule has 1 aromatic heterocycles. The van der Waals surface area contributed by atoms with Crippen molar-refractivity contribution in [3.8, 4) is 0 Å². The smallest absolute Gasteiger partial charge is 0.0652 e. The molecule has 1 fully saturated rings. The van der Waals surface area contributed by atoms with Gasteiger partial charge in [0.25, 0.3) is 0 Å². The molecular formula is C14H24N2O. The summed E-state index contributed by atoms with van der Waals surface area (Å²) in [5.41, 5.74) is 1.31. The summed E-state index contributed by atoms with van der Waals surface area (Å²) in [7, 11) is 0. The van der Waals surface area contributed by atoms with Crippen LogP contribution in [0.1, 0.15) is 39.3 Å². The second-order valence-corrected chi connectivity index (χ2v) is 5.81. The third-order valence-corrected chi connectivity index (χ3v) is 2.94. The molecule has 2 rings (SSSR count). The van der Waals surface area contributed by atoms with E-state index in [4.69, 9.17) is 4.74 Å². The Labute approximate surface area is 104 Å². The Morgan fingerprint density at radius 3 is 2.82 bits per heavy atom. The van der Waals surface area contributed by atoms with Crippen molar-refractivity contribution in [2.75, 3.05) is 6.61 Å². The molecule has 0 atom stereocenters. The second-order valence-electron chi connectivity index (χ2n) is 5.81. The van der Waals surface area contributed by atoms with Gasteiger partial charge in [0.05, 0.1) is 12.2 Å². The van der Waals surface area contributed by atoms with Gasteiger partial charge in [0.15, 0.2) is 0 Å². The molecule has 1 aliphatic carbocycles. The molecule has 0 radical (unpaired) electrons. The Balaban J connectivity index is 1.76. The zero-order chi connectivity index (χ0) is 12.3. The van der Waals surface area contributed by atoms with Gasteiger partial charge in [0.1, 0.15) is 0 Å². The lowest BCUT2D eigenvalue weighted by molar-refractivity contribution is -0.00703. The zero-order valence-electron chi connectivity index (χ0n) is 11.2. The van der Waals surface area contributed by atoms with E-state index in [-0.39, 0.29) is 5.60 Å². The molecule has 1 N–H and O–H groups in total. The molecule has 3 nitrogen and oxygen atoms in total. The topological polar surface area (TPSA) is 26.2 Å². The lowest BCUT2D eigenvalue weighted by atomic mass is 10.2. The monoisotopic (exact) mass is 236 g/mol. The summed E-state index contributed by atoms with van der Waals surface area (Å²) in [5, 5.41) is 3.54. The van der Waals surface area contributed by atoms with Crippen LogP contribution >= 0.6 is 0 Å². The highest BCUT2D eigenvalue weighted by Crippen LogP contribution is 2.19. The van der Waals surface area contributed by atoms with Gasteiger partial charge in [-0.3, -0.25) is 0 Å². The minimum atomic E-state index is -0.0421. The second kappa shape index (κ2) is 5.23. The van der Waals surface area contributed by atoms with E-state index in [2.05, 4.69) is 49.0 Å². The predicted molar refractivity (Wildman–Crippen MR) is 70.0 cm³/mol. The van der Waals surface area contributed by atoms with Crippen LogP contribution in [0.15, 0.2) is 18.3 Å². The summed E-state index contributed by atoms with van der Waals surface area (Å²) in [6.45, 7) is 8.97. The molecule has 0 aromatic carbocycles. The molecule has 1 aromatic rings. The van der Waals surface area contributed by atoms with E-state index in [1.54, 1.807) is 0 Å². The highest BCUT2D eigenvalue weighted by molar-refractivity contribution is 5.07. The van der Waals surface area contributed by atoms with Gasteiger partial charge in [-0.1, -0.05) is 0 Å². The van der Waals surface area contributed by atoms with Crippen LogP contribution < -0.4 is 5.32 Å². The summed E-state index contributed by atoms with van der Waals surface area (Å²) < 4.78 is 8.03. The van der Waals surface area contributed by atoms with Crippen LogP contribution in [0.5, 0.6) is 0 Å². The van der Waals surface area contributed by atoms with Gasteiger partial charge in [-0.2, -0.15) is 0 Å². The maximum Gasteiger partial charge on any atom is 0.0652 e. The van der Waals surface area contributed by atoms with Gasteiger partial charge in [-0.05, 0) is 45.7 Å². The van der Waals surface area contributed by atoms with Crippen molar-refractivity contribution in [1.82, 2.24) is 9.88 Å². The minimum Gasteiger partial charge on any atom is -0.374 e. The van der Waals surface area contributed by atoms with Gasteiger partial charge in [-0.15, -0.1) is 0 Å². The van der Waals surface area contributed by atoms with E-state index < -0.39 is 0 Å². The van der Waals surface area contributed by atoms with E-state index in [0.29, 0.717) is 0 Å². The Kier molecular flexibility index (Phi) is 3.89. The van der Waals surface area contributed by atoms with Crippen LogP contribution in [0.4, 0.5) is 0 Å².